The zero-order chi connectivity index (χ0) is 21.3. The Morgan fingerprint density at radius 1 is 1.07 bits per heavy atom. The van der Waals surface area contributed by atoms with Crippen LogP contribution in [0.3, 0.4) is 0 Å². The van der Waals surface area contributed by atoms with Crippen LogP contribution in [0, 0.1) is 0 Å². The smallest absolute Gasteiger partial charge is 0.244 e. The van der Waals surface area contributed by atoms with Crippen molar-refractivity contribution in [1.29, 1.82) is 0 Å². The summed E-state index contributed by atoms with van der Waals surface area (Å²) in [6.07, 6.45) is 3.27. The van der Waals surface area contributed by atoms with E-state index in [1.807, 2.05) is 79.7 Å². The van der Waals surface area contributed by atoms with Crippen molar-refractivity contribution in [2.24, 2.45) is 0 Å². The largest absolute Gasteiger partial charge is 0.493 e. The fourth-order valence-electron chi connectivity index (χ4n) is 2.96. The van der Waals surface area contributed by atoms with Crippen LogP contribution >= 0.6 is 15.9 Å². The van der Waals surface area contributed by atoms with Gasteiger partial charge in [0.05, 0.1) is 17.6 Å². The molecule has 4 nitrogen and oxygen atoms in total. The number of hydrogen-bond acceptors (Lipinski definition) is 3. The van der Waals surface area contributed by atoms with Crippen LogP contribution in [0.5, 0.6) is 11.5 Å². The fourth-order valence-corrected chi connectivity index (χ4v) is 3.54. The normalized spacial score (nSPS) is 11.8. The Balaban J connectivity index is 1.67. The minimum absolute atomic E-state index is 0.0709. The second-order valence-corrected chi connectivity index (χ2v) is 7.64. The molecular formula is C25H24BrNO3. The molecule has 30 heavy (non-hydrogen) atoms. The third-order valence-electron chi connectivity index (χ3n) is 4.56. The first-order chi connectivity index (χ1) is 14.6. The van der Waals surface area contributed by atoms with Gasteiger partial charge >= 0.3 is 0 Å². The van der Waals surface area contributed by atoms with Crippen molar-refractivity contribution in [3.8, 4) is 11.5 Å². The molecule has 1 amide bonds. The van der Waals surface area contributed by atoms with E-state index in [1.54, 1.807) is 13.2 Å². The van der Waals surface area contributed by atoms with Gasteiger partial charge in [0.25, 0.3) is 0 Å². The quantitative estimate of drug-likeness (QED) is 0.419. The molecule has 0 heterocycles. The number of methoxy groups -OCH3 is 1. The van der Waals surface area contributed by atoms with Crippen molar-refractivity contribution in [1.82, 2.24) is 5.32 Å². The van der Waals surface area contributed by atoms with Gasteiger partial charge in [-0.15, -0.1) is 0 Å². The number of carbonyl (C=O) groups excluding carboxylic acids is 1. The number of nitrogens with one attached hydrogen (secondary N) is 1. The Bertz CT molecular complexity index is 1000. The zero-order valence-corrected chi connectivity index (χ0v) is 18.6. The third kappa shape index (κ3) is 5.97. The van der Waals surface area contributed by atoms with Gasteiger partial charge in [0.1, 0.15) is 6.61 Å². The van der Waals surface area contributed by atoms with Crippen LogP contribution < -0.4 is 14.8 Å². The summed E-state index contributed by atoms with van der Waals surface area (Å²) in [6, 6.07) is 23.5. The van der Waals surface area contributed by atoms with Crippen molar-refractivity contribution >= 4 is 27.9 Å². The molecule has 0 fully saturated rings. The lowest BCUT2D eigenvalue weighted by Gasteiger charge is -2.14. The number of hydrogen-bond donors (Lipinski definition) is 1. The summed E-state index contributed by atoms with van der Waals surface area (Å²) in [5, 5.41) is 2.97. The monoisotopic (exact) mass is 465 g/mol. The van der Waals surface area contributed by atoms with Gasteiger partial charge in [-0.2, -0.15) is 0 Å². The molecule has 0 aliphatic heterocycles. The lowest BCUT2D eigenvalue weighted by molar-refractivity contribution is -0.117. The topological polar surface area (TPSA) is 47.6 Å². The average molecular weight is 466 g/mol. The fraction of sp³-hybridized carbons (Fsp3) is 0.160. The van der Waals surface area contributed by atoms with E-state index in [1.165, 1.54) is 6.08 Å². The van der Waals surface area contributed by atoms with Crippen LogP contribution in [0.25, 0.3) is 6.08 Å². The highest BCUT2D eigenvalue weighted by Gasteiger charge is 2.12. The number of halogens is 1. The standard InChI is InChI=1S/C25H24BrNO3/c1-18(21-11-7-4-8-12-21)27-24(28)14-13-20-15-22(26)25(23(16-20)29-2)30-17-19-9-5-3-6-10-19/h3-16,18H,17H2,1-2H3,(H,27,28)/b14-13+. The summed E-state index contributed by atoms with van der Waals surface area (Å²) in [4.78, 5) is 12.3. The van der Waals surface area contributed by atoms with Crippen LogP contribution in [0.1, 0.15) is 29.7 Å². The first kappa shape index (κ1) is 21.7. The second-order valence-electron chi connectivity index (χ2n) is 6.78. The molecule has 3 aromatic rings. The van der Waals surface area contributed by atoms with Gasteiger partial charge in [0, 0.05) is 6.08 Å². The molecule has 0 saturated carbocycles. The minimum Gasteiger partial charge on any atom is -0.493 e. The second kappa shape index (κ2) is 10.6. The van der Waals surface area contributed by atoms with Gasteiger partial charge in [-0.25, -0.2) is 0 Å². The van der Waals surface area contributed by atoms with E-state index in [0.29, 0.717) is 18.1 Å². The maximum atomic E-state index is 12.3. The highest BCUT2D eigenvalue weighted by atomic mass is 79.9. The molecule has 3 rings (SSSR count). The van der Waals surface area contributed by atoms with Crippen molar-refractivity contribution in [3.05, 3.63) is 100 Å². The van der Waals surface area contributed by atoms with Gasteiger partial charge in [0.15, 0.2) is 11.5 Å². The van der Waals surface area contributed by atoms with E-state index < -0.39 is 0 Å². The predicted molar refractivity (Wildman–Crippen MR) is 124 cm³/mol. The molecule has 0 spiro atoms. The summed E-state index contributed by atoms with van der Waals surface area (Å²) < 4.78 is 12.2. The number of benzene rings is 3. The van der Waals surface area contributed by atoms with Crippen LogP contribution in [-0.2, 0) is 11.4 Å². The molecule has 3 aromatic carbocycles. The highest BCUT2D eigenvalue weighted by molar-refractivity contribution is 9.10. The molecular weight excluding hydrogens is 442 g/mol. The maximum absolute atomic E-state index is 12.3. The Labute approximate surface area is 185 Å². The van der Waals surface area contributed by atoms with E-state index in [2.05, 4.69) is 21.2 Å². The zero-order valence-electron chi connectivity index (χ0n) is 17.0. The Morgan fingerprint density at radius 3 is 2.40 bits per heavy atom. The van der Waals surface area contributed by atoms with E-state index in [0.717, 1.165) is 21.2 Å². The number of ether oxygens (including phenoxy) is 2. The first-order valence-electron chi connectivity index (χ1n) is 9.64. The van der Waals surface area contributed by atoms with Gasteiger partial charge in [-0.3, -0.25) is 4.79 Å². The number of amides is 1. The molecule has 0 radical (unpaired) electrons. The van der Waals surface area contributed by atoms with Crippen molar-refractivity contribution < 1.29 is 14.3 Å². The Kier molecular flexibility index (Phi) is 7.69. The van der Waals surface area contributed by atoms with Crippen LogP contribution in [-0.4, -0.2) is 13.0 Å². The SMILES string of the molecule is COc1cc(/C=C/C(=O)NC(C)c2ccccc2)cc(Br)c1OCc1ccccc1. The van der Waals surface area contributed by atoms with E-state index >= 15 is 0 Å². The van der Waals surface area contributed by atoms with E-state index in [9.17, 15) is 4.79 Å². The van der Waals surface area contributed by atoms with E-state index in [4.69, 9.17) is 9.47 Å². The molecule has 1 atom stereocenters. The van der Waals surface area contributed by atoms with Crippen LogP contribution in [0.15, 0.2) is 83.3 Å². The summed E-state index contributed by atoms with van der Waals surface area (Å²) >= 11 is 3.55. The highest BCUT2D eigenvalue weighted by Crippen LogP contribution is 2.37. The van der Waals surface area contributed by atoms with Gasteiger partial charge in [-0.1, -0.05) is 60.7 Å². The van der Waals surface area contributed by atoms with Crippen LogP contribution in [0.4, 0.5) is 0 Å². The molecule has 0 bridgehead atoms. The summed E-state index contributed by atoms with van der Waals surface area (Å²) in [6.45, 7) is 2.39. The molecule has 154 valence electrons. The van der Waals surface area contributed by atoms with Gasteiger partial charge in [0.2, 0.25) is 5.91 Å². The van der Waals surface area contributed by atoms with Crippen LogP contribution in [0.2, 0.25) is 0 Å². The molecule has 0 aromatic heterocycles. The number of carbonyl (C=O) groups is 1. The molecule has 0 aliphatic carbocycles. The van der Waals surface area contributed by atoms with Gasteiger partial charge in [-0.05, 0) is 57.8 Å². The summed E-state index contributed by atoms with van der Waals surface area (Å²) in [5.41, 5.74) is 2.96. The molecule has 5 heteroatoms. The van der Waals surface area contributed by atoms with E-state index in [-0.39, 0.29) is 11.9 Å². The van der Waals surface area contributed by atoms with Crippen molar-refractivity contribution in [2.45, 2.75) is 19.6 Å². The van der Waals surface area contributed by atoms with Crippen molar-refractivity contribution in [2.75, 3.05) is 7.11 Å². The predicted octanol–water partition coefficient (Wildman–Crippen LogP) is 5.93. The molecule has 1 unspecified atom stereocenters. The summed E-state index contributed by atoms with van der Waals surface area (Å²) in [7, 11) is 1.60. The average Bonchev–Trinajstić information content (AvgIpc) is 2.77. The lowest BCUT2D eigenvalue weighted by Crippen LogP contribution is -2.24. The Morgan fingerprint density at radius 2 is 1.73 bits per heavy atom. The van der Waals surface area contributed by atoms with Crippen molar-refractivity contribution in [3.63, 3.8) is 0 Å². The van der Waals surface area contributed by atoms with Gasteiger partial charge < -0.3 is 14.8 Å². The molecule has 0 saturated heterocycles. The lowest BCUT2D eigenvalue weighted by atomic mass is 10.1. The third-order valence-corrected chi connectivity index (χ3v) is 5.15. The molecule has 1 N–H and O–H groups in total. The molecule has 0 aliphatic rings. The first-order valence-corrected chi connectivity index (χ1v) is 10.4. The maximum Gasteiger partial charge on any atom is 0.244 e. The Hall–Kier alpha value is -3.05. The number of rotatable bonds is 8. The minimum atomic E-state index is -0.161. The summed E-state index contributed by atoms with van der Waals surface area (Å²) in [5.74, 6) is 1.06.